The third-order valence-electron chi connectivity index (χ3n) is 8.03. The molecule has 3 fully saturated rings. The summed E-state index contributed by atoms with van der Waals surface area (Å²) in [5.74, 6) is 1.33. The first kappa shape index (κ1) is 25.2. The van der Waals surface area contributed by atoms with Gasteiger partial charge in [0.05, 0.1) is 23.3 Å². The van der Waals surface area contributed by atoms with E-state index >= 15 is 0 Å². The van der Waals surface area contributed by atoms with E-state index in [0.29, 0.717) is 12.1 Å². The largest absolute Gasteiger partial charge is 0.353 e. The fourth-order valence-corrected chi connectivity index (χ4v) is 6.72. The molecule has 0 spiro atoms. The van der Waals surface area contributed by atoms with Crippen molar-refractivity contribution in [3.8, 4) is 0 Å². The molecule has 6 heterocycles. The molecule has 0 bridgehead atoms. The number of carbonyl (C=O) groups is 3. The van der Waals surface area contributed by atoms with Gasteiger partial charge in [0.1, 0.15) is 0 Å². The Hall–Kier alpha value is -3.81. The number of anilines is 2. The summed E-state index contributed by atoms with van der Waals surface area (Å²) < 4.78 is 1.16. The van der Waals surface area contributed by atoms with Gasteiger partial charge in [-0.05, 0) is 28.6 Å². The number of imide groups is 1. The second kappa shape index (κ2) is 10.3. The molecule has 12 nitrogen and oxygen atoms in total. The van der Waals surface area contributed by atoms with E-state index in [2.05, 4.69) is 42.8 Å². The summed E-state index contributed by atoms with van der Waals surface area (Å²) in [6.45, 7) is 8.62. The summed E-state index contributed by atoms with van der Waals surface area (Å²) in [5.41, 5.74) is 3.67. The molecule has 0 aliphatic carbocycles. The molecule has 3 saturated heterocycles. The van der Waals surface area contributed by atoms with Crippen molar-refractivity contribution < 1.29 is 14.4 Å². The smallest absolute Gasteiger partial charge is 0.342 e. The molecule has 208 valence electrons. The molecule has 0 radical (unpaired) electrons. The van der Waals surface area contributed by atoms with Crippen LogP contribution >= 0.6 is 11.3 Å². The van der Waals surface area contributed by atoms with E-state index in [-0.39, 0.29) is 24.8 Å². The van der Waals surface area contributed by atoms with Crippen LogP contribution in [0.1, 0.15) is 27.9 Å². The van der Waals surface area contributed by atoms with Crippen molar-refractivity contribution >= 4 is 51.2 Å². The lowest BCUT2D eigenvalue weighted by atomic mass is 10.1. The van der Waals surface area contributed by atoms with Crippen LogP contribution in [0.2, 0.25) is 0 Å². The Morgan fingerprint density at radius 1 is 0.875 bits per heavy atom. The van der Waals surface area contributed by atoms with E-state index in [4.69, 9.17) is 9.97 Å². The normalized spacial score (nSPS) is 20.4. The molecule has 4 aliphatic rings. The van der Waals surface area contributed by atoms with Crippen molar-refractivity contribution in [2.24, 2.45) is 0 Å². The lowest BCUT2D eigenvalue weighted by molar-refractivity contribution is -0.123. The predicted octanol–water partition coefficient (Wildman–Crippen LogP) is 1.24. The number of aromatic nitrogens is 2. The Morgan fingerprint density at radius 2 is 1.70 bits per heavy atom. The number of piperazine rings is 2. The minimum atomic E-state index is -0.544. The van der Waals surface area contributed by atoms with Crippen LogP contribution in [0, 0.1) is 0 Å². The third kappa shape index (κ3) is 4.63. The van der Waals surface area contributed by atoms with Gasteiger partial charge >= 0.3 is 6.03 Å². The molecule has 0 unspecified atom stereocenters. The number of nitrogens with one attached hydrogen (secondary N) is 2. The second-order valence-electron chi connectivity index (χ2n) is 10.6. The molecule has 3 aromatic rings. The first-order valence-electron chi connectivity index (χ1n) is 13.8. The van der Waals surface area contributed by atoms with Crippen molar-refractivity contribution in [2.75, 3.05) is 68.7 Å². The minimum absolute atomic E-state index is 0.187. The van der Waals surface area contributed by atoms with Crippen LogP contribution in [-0.2, 0) is 17.9 Å². The summed E-state index contributed by atoms with van der Waals surface area (Å²) in [6, 6.07) is 7.47. The van der Waals surface area contributed by atoms with Crippen LogP contribution in [0.25, 0.3) is 10.2 Å². The van der Waals surface area contributed by atoms with Gasteiger partial charge in [-0.25, -0.2) is 19.8 Å². The van der Waals surface area contributed by atoms with Crippen molar-refractivity contribution in [2.45, 2.75) is 19.5 Å². The number of hydrogen-bond acceptors (Lipinski definition) is 10. The molecular formula is C27H31N9O3S. The Bertz CT molecular complexity index is 1480. The van der Waals surface area contributed by atoms with Gasteiger partial charge in [-0.15, -0.1) is 11.3 Å². The Labute approximate surface area is 235 Å². The number of urea groups is 1. The number of hydrogen-bond donors (Lipinski definition) is 2. The zero-order valence-corrected chi connectivity index (χ0v) is 23.0. The predicted molar refractivity (Wildman–Crippen MR) is 151 cm³/mol. The van der Waals surface area contributed by atoms with Gasteiger partial charge in [-0.3, -0.25) is 19.8 Å². The number of rotatable bonds is 5. The highest BCUT2D eigenvalue weighted by atomic mass is 32.1. The highest BCUT2D eigenvalue weighted by Crippen LogP contribution is 2.32. The monoisotopic (exact) mass is 561 g/mol. The molecule has 2 N–H and O–H groups in total. The van der Waals surface area contributed by atoms with Crippen molar-refractivity contribution in [3.05, 3.63) is 46.3 Å². The second-order valence-corrected chi connectivity index (χ2v) is 11.5. The van der Waals surface area contributed by atoms with Gasteiger partial charge in [-0.2, -0.15) is 4.98 Å². The van der Waals surface area contributed by atoms with Gasteiger partial charge in [0.2, 0.25) is 11.9 Å². The highest BCUT2D eigenvalue weighted by molar-refractivity contribution is 7.17. The fourth-order valence-electron chi connectivity index (χ4n) is 5.87. The highest BCUT2D eigenvalue weighted by Gasteiger charge is 2.37. The van der Waals surface area contributed by atoms with E-state index in [9.17, 15) is 14.4 Å². The van der Waals surface area contributed by atoms with Crippen LogP contribution in [0.3, 0.4) is 0 Å². The molecule has 0 saturated carbocycles. The maximum Gasteiger partial charge on any atom is 0.342 e. The van der Waals surface area contributed by atoms with Crippen LogP contribution in [-0.4, -0.2) is 102 Å². The number of nitrogens with zero attached hydrogens (tertiary/aromatic N) is 7. The molecule has 13 heteroatoms. The number of amides is 4. The SMILES string of the molecule is O=C1CCN(N2Cc3cc(CN4CCN(c5nc(N6CCNCC6)c6sccc6n5)CC4)ccc3C2=O)C(=O)N1. The van der Waals surface area contributed by atoms with Gasteiger partial charge in [0.25, 0.3) is 5.91 Å². The average molecular weight is 562 g/mol. The summed E-state index contributed by atoms with van der Waals surface area (Å²) in [5, 5.41) is 10.6. The van der Waals surface area contributed by atoms with Crippen molar-refractivity contribution in [1.82, 2.24) is 35.5 Å². The molecule has 0 atom stereocenters. The van der Waals surface area contributed by atoms with E-state index in [0.717, 1.165) is 92.0 Å². The number of benzene rings is 1. The van der Waals surface area contributed by atoms with Gasteiger partial charge in [0.15, 0.2) is 5.82 Å². The zero-order valence-electron chi connectivity index (χ0n) is 22.1. The van der Waals surface area contributed by atoms with Gasteiger partial charge < -0.3 is 15.1 Å². The van der Waals surface area contributed by atoms with Crippen LogP contribution in [0.15, 0.2) is 29.6 Å². The van der Waals surface area contributed by atoms with Gasteiger partial charge in [0, 0.05) is 70.9 Å². The maximum absolute atomic E-state index is 13.0. The van der Waals surface area contributed by atoms with Gasteiger partial charge in [-0.1, -0.05) is 12.1 Å². The van der Waals surface area contributed by atoms with Crippen LogP contribution < -0.4 is 20.4 Å². The minimum Gasteiger partial charge on any atom is -0.353 e. The fraction of sp³-hybridized carbons (Fsp3) is 0.444. The van der Waals surface area contributed by atoms with Crippen LogP contribution in [0.5, 0.6) is 0 Å². The molecule has 1 aromatic carbocycles. The quantitative estimate of drug-likeness (QED) is 0.475. The molecule has 2 aromatic heterocycles. The summed E-state index contributed by atoms with van der Waals surface area (Å²) in [6.07, 6.45) is 0.187. The number of fused-ring (bicyclic) bond motifs is 2. The Kier molecular flexibility index (Phi) is 6.48. The van der Waals surface area contributed by atoms with E-state index in [1.165, 1.54) is 10.0 Å². The average Bonchev–Trinajstić information content (AvgIpc) is 3.58. The Morgan fingerprint density at radius 3 is 2.50 bits per heavy atom. The Balaban J connectivity index is 1.00. The number of thiophene rings is 1. The third-order valence-corrected chi connectivity index (χ3v) is 8.93. The lowest BCUT2D eigenvalue weighted by Crippen LogP contribution is -2.56. The molecule has 7 rings (SSSR count). The standard InChI is InChI=1S/C27H31N9O3S/c37-22-3-7-35(27(39)30-22)36-17-19-15-18(1-2-20(19)25(36)38)16-32-10-12-34(13-11-32)26-29-21-4-14-40-23(21)24(31-26)33-8-5-28-6-9-33/h1-2,4,14-15,28H,3,5-13,16-17H2,(H,30,37,39). The number of carbonyl (C=O) groups excluding carboxylic acids is 3. The van der Waals surface area contributed by atoms with Crippen molar-refractivity contribution in [3.63, 3.8) is 0 Å². The van der Waals surface area contributed by atoms with E-state index in [1.807, 2.05) is 12.1 Å². The summed E-state index contributed by atoms with van der Waals surface area (Å²) >= 11 is 1.71. The summed E-state index contributed by atoms with van der Waals surface area (Å²) in [7, 11) is 0. The van der Waals surface area contributed by atoms with E-state index in [1.54, 1.807) is 11.3 Å². The maximum atomic E-state index is 13.0. The van der Waals surface area contributed by atoms with E-state index < -0.39 is 6.03 Å². The molecule has 4 aliphatic heterocycles. The molecule has 4 amide bonds. The van der Waals surface area contributed by atoms with Crippen LogP contribution in [0.4, 0.5) is 16.6 Å². The topological polar surface area (TPSA) is 117 Å². The lowest BCUT2D eigenvalue weighted by Gasteiger charge is -2.35. The number of hydrazine groups is 1. The first-order chi connectivity index (χ1) is 19.5. The zero-order chi connectivity index (χ0) is 27.2. The molecule has 40 heavy (non-hydrogen) atoms. The molecular weight excluding hydrogens is 530 g/mol. The summed E-state index contributed by atoms with van der Waals surface area (Å²) in [4.78, 5) is 53.8. The van der Waals surface area contributed by atoms with Crippen molar-refractivity contribution in [1.29, 1.82) is 0 Å². The first-order valence-corrected chi connectivity index (χ1v) is 14.6.